The molecular formula is C24H27N3O6S. The van der Waals surface area contributed by atoms with Crippen molar-refractivity contribution >= 4 is 27.9 Å². The van der Waals surface area contributed by atoms with Crippen molar-refractivity contribution in [3.05, 3.63) is 65.6 Å². The molecule has 0 bridgehead atoms. The molecule has 2 aliphatic rings. The molecule has 4 rings (SSSR count). The minimum atomic E-state index is -3.64. The van der Waals surface area contributed by atoms with Gasteiger partial charge in [-0.15, -0.1) is 0 Å². The van der Waals surface area contributed by atoms with Crippen LogP contribution < -0.4 is 14.2 Å². The molecule has 1 atom stereocenters. The summed E-state index contributed by atoms with van der Waals surface area (Å²) in [5.41, 5.74) is 0.769. The Hall–Kier alpha value is -3.37. The lowest BCUT2D eigenvalue weighted by Crippen LogP contribution is -2.55. The van der Waals surface area contributed by atoms with E-state index in [1.165, 1.54) is 6.08 Å². The van der Waals surface area contributed by atoms with Crippen LogP contribution in [0.5, 0.6) is 11.5 Å². The summed E-state index contributed by atoms with van der Waals surface area (Å²) in [6.45, 7) is 1.69. The zero-order valence-corrected chi connectivity index (χ0v) is 19.4. The number of sulfonamides is 1. The number of fused-ring (bicyclic) bond motifs is 1. The second-order valence-electron chi connectivity index (χ2n) is 7.97. The van der Waals surface area contributed by atoms with Crippen LogP contribution in [-0.4, -0.2) is 75.5 Å². The lowest BCUT2D eigenvalue weighted by atomic mass is 10.2. The second kappa shape index (κ2) is 10.7. The zero-order valence-electron chi connectivity index (χ0n) is 18.6. The molecule has 0 radical (unpaired) electrons. The number of piperazine rings is 1. The van der Waals surface area contributed by atoms with Crippen molar-refractivity contribution in [3.8, 4) is 11.5 Å². The fraction of sp³-hybridized carbons (Fsp3) is 0.333. The summed E-state index contributed by atoms with van der Waals surface area (Å²) < 4.78 is 38.1. The third kappa shape index (κ3) is 6.15. The van der Waals surface area contributed by atoms with E-state index in [1.807, 2.05) is 30.3 Å². The molecule has 0 aliphatic carbocycles. The summed E-state index contributed by atoms with van der Waals surface area (Å²) in [7, 11) is -3.64. The number of amides is 2. The molecule has 1 N–H and O–H groups in total. The second-order valence-corrected chi connectivity index (χ2v) is 9.62. The van der Waals surface area contributed by atoms with E-state index in [0.29, 0.717) is 37.7 Å². The van der Waals surface area contributed by atoms with Gasteiger partial charge in [-0.05, 0) is 23.8 Å². The smallest absolute Gasteiger partial charge is 0.267 e. The van der Waals surface area contributed by atoms with Crippen LogP contribution in [0.25, 0.3) is 6.08 Å². The van der Waals surface area contributed by atoms with E-state index < -0.39 is 16.1 Å². The fourth-order valence-corrected chi connectivity index (χ4v) is 4.58. The lowest BCUT2D eigenvalue weighted by Gasteiger charge is -2.37. The van der Waals surface area contributed by atoms with Gasteiger partial charge in [0.15, 0.2) is 11.5 Å². The highest BCUT2D eigenvalue weighted by molar-refractivity contribution is 7.92. The van der Waals surface area contributed by atoms with E-state index in [2.05, 4.69) is 4.72 Å². The Labute approximate surface area is 199 Å². The number of carbonyl (C=O) groups excluding carboxylic acids is 2. The first-order valence-corrected chi connectivity index (χ1v) is 12.6. The molecule has 0 spiro atoms. The van der Waals surface area contributed by atoms with Crippen LogP contribution in [0.4, 0.5) is 0 Å². The van der Waals surface area contributed by atoms with Crippen molar-refractivity contribution in [3.63, 3.8) is 0 Å². The summed E-state index contributed by atoms with van der Waals surface area (Å²) in [4.78, 5) is 28.6. The Morgan fingerprint density at radius 3 is 2.32 bits per heavy atom. The Bertz CT molecular complexity index is 1140. The lowest BCUT2D eigenvalue weighted by molar-refractivity contribution is -0.146. The quantitative estimate of drug-likeness (QED) is 0.637. The zero-order chi connectivity index (χ0) is 24.0. The third-order valence-electron chi connectivity index (χ3n) is 5.61. The van der Waals surface area contributed by atoms with Gasteiger partial charge in [0.1, 0.15) is 6.61 Å². The molecule has 10 heteroatoms. The molecule has 2 aliphatic heterocycles. The van der Waals surface area contributed by atoms with Crippen molar-refractivity contribution in [1.82, 2.24) is 14.5 Å². The van der Waals surface area contributed by atoms with E-state index >= 15 is 0 Å². The van der Waals surface area contributed by atoms with Crippen LogP contribution in [0.2, 0.25) is 0 Å². The van der Waals surface area contributed by atoms with Gasteiger partial charge in [0.2, 0.25) is 22.0 Å². The molecular weight excluding hydrogens is 458 g/mol. The average Bonchev–Trinajstić information content (AvgIpc) is 2.87. The number of nitrogens with zero attached hydrogens (tertiary/aromatic N) is 2. The molecule has 9 nitrogen and oxygen atoms in total. The Morgan fingerprint density at radius 2 is 1.59 bits per heavy atom. The van der Waals surface area contributed by atoms with Gasteiger partial charge in [0, 0.05) is 44.6 Å². The molecule has 34 heavy (non-hydrogen) atoms. The summed E-state index contributed by atoms with van der Waals surface area (Å²) in [5, 5.41) is 1.09. The first-order chi connectivity index (χ1) is 16.4. The minimum Gasteiger partial charge on any atom is -0.485 e. The molecule has 1 unspecified atom stereocenters. The molecule has 1 fully saturated rings. The van der Waals surface area contributed by atoms with Crippen LogP contribution in [0.3, 0.4) is 0 Å². The number of para-hydroxylation sites is 2. The maximum absolute atomic E-state index is 12.8. The van der Waals surface area contributed by atoms with E-state index in [1.54, 1.807) is 34.1 Å². The predicted octanol–water partition coefficient (Wildman–Crippen LogP) is 1.48. The van der Waals surface area contributed by atoms with Crippen LogP contribution in [0.15, 0.2) is 60.0 Å². The highest BCUT2D eigenvalue weighted by atomic mass is 32.2. The van der Waals surface area contributed by atoms with Gasteiger partial charge in [0.05, 0.1) is 0 Å². The average molecular weight is 486 g/mol. The fourth-order valence-electron chi connectivity index (χ4n) is 3.76. The molecule has 0 saturated carbocycles. The number of carbonyl (C=O) groups is 2. The molecule has 0 aromatic heterocycles. The predicted molar refractivity (Wildman–Crippen MR) is 127 cm³/mol. The summed E-state index contributed by atoms with van der Waals surface area (Å²) >= 11 is 0. The molecule has 2 heterocycles. The van der Waals surface area contributed by atoms with Gasteiger partial charge in [-0.2, -0.15) is 0 Å². The number of ether oxygens (including phenoxy) is 2. The highest BCUT2D eigenvalue weighted by Gasteiger charge is 2.33. The Morgan fingerprint density at radius 1 is 0.941 bits per heavy atom. The topological polar surface area (TPSA) is 105 Å². The molecule has 2 amide bonds. The van der Waals surface area contributed by atoms with Crippen LogP contribution >= 0.6 is 0 Å². The highest BCUT2D eigenvalue weighted by Crippen LogP contribution is 2.31. The monoisotopic (exact) mass is 485 g/mol. The van der Waals surface area contributed by atoms with Crippen molar-refractivity contribution in [2.24, 2.45) is 0 Å². The van der Waals surface area contributed by atoms with E-state index in [9.17, 15) is 18.0 Å². The Balaban J connectivity index is 1.19. The largest absolute Gasteiger partial charge is 0.485 e. The normalized spacial score (nSPS) is 18.2. The minimum absolute atomic E-state index is 0.00605. The van der Waals surface area contributed by atoms with Crippen molar-refractivity contribution < 1.29 is 27.5 Å². The molecule has 2 aromatic rings. The summed E-state index contributed by atoms with van der Waals surface area (Å²) in [5.74, 6) is 0.836. The number of nitrogens with one attached hydrogen (secondary N) is 1. The number of hydrogen-bond donors (Lipinski definition) is 1. The van der Waals surface area contributed by atoms with Crippen molar-refractivity contribution in [1.29, 1.82) is 0 Å². The Kier molecular flexibility index (Phi) is 7.49. The maximum Gasteiger partial charge on any atom is 0.267 e. The molecule has 180 valence electrons. The maximum atomic E-state index is 12.8. The van der Waals surface area contributed by atoms with Crippen LogP contribution in [0.1, 0.15) is 12.0 Å². The van der Waals surface area contributed by atoms with Crippen LogP contribution in [0, 0.1) is 0 Å². The van der Waals surface area contributed by atoms with Gasteiger partial charge < -0.3 is 19.3 Å². The first-order valence-electron chi connectivity index (χ1n) is 11.1. The van der Waals surface area contributed by atoms with Gasteiger partial charge in [-0.25, -0.2) is 13.1 Å². The molecule has 1 saturated heterocycles. The van der Waals surface area contributed by atoms with Gasteiger partial charge in [-0.3, -0.25) is 9.59 Å². The SMILES string of the molecule is O=C(CCNS(=O)(=O)/C=C/c1ccccc1)N1CCN(C(=O)C2COc3ccccc3O2)CC1. The number of rotatable bonds is 7. The van der Waals surface area contributed by atoms with Crippen molar-refractivity contribution in [2.45, 2.75) is 12.5 Å². The van der Waals surface area contributed by atoms with E-state index in [-0.39, 0.29) is 31.4 Å². The van der Waals surface area contributed by atoms with Crippen LogP contribution in [-0.2, 0) is 19.6 Å². The van der Waals surface area contributed by atoms with Gasteiger partial charge >= 0.3 is 0 Å². The standard InChI is InChI=1S/C24H27N3O6S/c28-23(10-12-25-34(30,31)17-11-19-6-2-1-3-7-19)26-13-15-27(16-14-26)24(29)22-18-32-20-8-4-5-9-21(20)33-22/h1-9,11,17,22,25H,10,12-16,18H2/b17-11+. The van der Waals surface area contributed by atoms with Gasteiger partial charge in [0.25, 0.3) is 5.91 Å². The van der Waals surface area contributed by atoms with E-state index in [4.69, 9.17) is 9.47 Å². The third-order valence-corrected chi connectivity index (χ3v) is 6.71. The summed E-state index contributed by atoms with van der Waals surface area (Å²) in [6, 6.07) is 16.3. The van der Waals surface area contributed by atoms with Gasteiger partial charge in [-0.1, -0.05) is 42.5 Å². The number of hydrogen-bond acceptors (Lipinski definition) is 6. The first kappa shape index (κ1) is 23.8. The number of benzene rings is 2. The molecule has 2 aromatic carbocycles. The summed E-state index contributed by atoms with van der Waals surface area (Å²) in [6.07, 6.45) is 0.832. The van der Waals surface area contributed by atoms with E-state index in [0.717, 1.165) is 11.0 Å². The van der Waals surface area contributed by atoms with Crippen molar-refractivity contribution in [2.75, 3.05) is 39.3 Å².